The molecule has 0 fully saturated rings. The molecule has 5 nitrogen and oxygen atoms in total. The third-order valence-corrected chi connectivity index (χ3v) is 4.96. The Hall–Kier alpha value is -2.70. The van der Waals surface area contributed by atoms with Crippen LogP contribution in [-0.2, 0) is 6.42 Å². The van der Waals surface area contributed by atoms with Crippen molar-refractivity contribution >= 4 is 17.2 Å². The SMILES string of the molecule is CC(NCCc1cccs1)c1ccc(Oc2ccc(C(N)=O)cn2)cc1. The van der Waals surface area contributed by atoms with Crippen LogP contribution < -0.4 is 15.8 Å². The van der Waals surface area contributed by atoms with Crippen molar-refractivity contribution in [3.05, 3.63) is 76.1 Å². The zero-order valence-corrected chi connectivity index (χ0v) is 15.3. The number of amides is 1. The molecular weight excluding hydrogens is 346 g/mol. The van der Waals surface area contributed by atoms with E-state index in [1.165, 1.54) is 16.6 Å². The van der Waals surface area contributed by atoms with Crippen LogP contribution in [0.2, 0.25) is 0 Å². The highest BCUT2D eigenvalue weighted by atomic mass is 32.1. The van der Waals surface area contributed by atoms with Gasteiger partial charge in [-0.2, -0.15) is 0 Å². The minimum Gasteiger partial charge on any atom is -0.439 e. The van der Waals surface area contributed by atoms with Crippen molar-refractivity contribution in [1.82, 2.24) is 10.3 Å². The first-order valence-corrected chi connectivity index (χ1v) is 9.29. The van der Waals surface area contributed by atoms with Crippen LogP contribution in [0.1, 0.15) is 33.8 Å². The summed E-state index contributed by atoms with van der Waals surface area (Å²) in [5.41, 5.74) is 6.75. The molecule has 1 aromatic carbocycles. The summed E-state index contributed by atoms with van der Waals surface area (Å²) in [6.45, 7) is 3.09. The number of ether oxygens (including phenoxy) is 1. The number of carbonyl (C=O) groups excluding carboxylic acids is 1. The molecule has 1 amide bonds. The number of primary amides is 1. The number of carbonyl (C=O) groups is 1. The predicted octanol–water partition coefficient (Wildman–Crippen LogP) is 3.93. The Kier molecular flexibility index (Phi) is 5.99. The van der Waals surface area contributed by atoms with Gasteiger partial charge in [0.25, 0.3) is 0 Å². The van der Waals surface area contributed by atoms with Gasteiger partial charge in [0, 0.05) is 29.7 Å². The van der Waals surface area contributed by atoms with E-state index in [1.807, 2.05) is 24.3 Å². The maximum Gasteiger partial charge on any atom is 0.250 e. The highest BCUT2D eigenvalue weighted by Gasteiger charge is 2.07. The molecule has 2 aromatic heterocycles. The van der Waals surface area contributed by atoms with E-state index in [1.54, 1.807) is 23.5 Å². The molecule has 134 valence electrons. The molecule has 3 N–H and O–H groups in total. The Morgan fingerprint density at radius 1 is 1.23 bits per heavy atom. The summed E-state index contributed by atoms with van der Waals surface area (Å²) in [6, 6.07) is 15.6. The summed E-state index contributed by atoms with van der Waals surface area (Å²) in [5.74, 6) is 0.609. The smallest absolute Gasteiger partial charge is 0.250 e. The van der Waals surface area contributed by atoms with Crippen LogP contribution in [0.25, 0.3) is 0 Å². The van der Waals surface area contributed by atoms with Gasteiger partial charge in [-0.05, 0) is 48.6 Å². The molecule has 6 heteroatoms. The fourth-order valence-corrected chi connectivity index (χ4v) is 3.23. The molecule has 0 bridgehead atoms. The van der Waals surface area contributed by atoms with E-state index in [0.717, 1.165) is 13.0 Å². The van der Waals surface area contributed by atoms with Crippen molar-refractivity contribution in [3.8, 4) is 11.6 Å². The summed E-state index contributed by atoms with van der Waals surface area (Å²) in [4.78, 5) is 16.5. The molecule has 0 aliphatic rings. The number of nitrogens with one attached hydrogen (secondary N) is 1. The molecule has 3 rings (SSSR count). The number of pyridine rings is 1. The van der Waals surface area contributed by atoms with Gasteiger partial charge in [0.1, 0.15) is 5.75 Å². The number of aromatic nitrogens is 1. The number of thiophene rings is 1. The van der Waals surface area contributed by atoms with Gasteiger partial charge in [-0.25, -0.2) is 4.98 Å². The van der Waals surface area contributed by atoms with Crippen LogP contribution in [0.15, 0.2) is 60.1 Å². The van der Waals surface area contributed by atoms with Gasteiger partial charge in [-0.15, -0.1) is 11.3 Å². The molecule has 3 aromatic rings. The van der Waals surface area contributed by atoms with E-state index in [-0.39, 0.29) is 6.04 Å². The summed E-state index contributed by atoms with van der Waals surface area (Å²) >= 11 is 1.79. The molecule has 0 radical (unpaired) electrons. The Balaban J connectivity index is 1.53. The maximum absolute atomic E-state index is 11.0. The Morgan fingerprint density at radius 2 is 2.04 bits per heavy atom. The molecule has 0 aliphatic heterocycles. The second-order valence-corrected chi connectivity index (χ2v) is 6.96. The van der Waals surface area contributed by atoms with Crippen molar-refractivity contribution < 1.29 is 9.53 Å². The van der Waals surface area contributed by atoms with Crippen LogP contribution in [0.5, 0.6) is 11.6 Å². The lowest BCUT2D eigenvalue weighted by Gasteiger charge is -2.14. The van der Waals surface area contributed by atoms with E-state index in [9.17, 15) is 4.79 Å². The molecule has 1 atom stereocenters. The molecule has 0 spiro atoms. The highest BCUT2D eigenvalue weighted by molar-refractivity contribution is 7.09. The van der Waals surface area contributed by atoms with Gasteiger partial charge in [0.2, 0.25) is 11.8 Å². The first kappa shape index (κ1) is 18.1. The van der Waals surface area contributed by atoms with Gasteiger partial charge >= 0.3 is 0 Å². The van der Waals surface area contributed by atoms with E-state index in [2.05, 4.69) is 34.7 Å². The highest BCUT2D eigenvalue weighted by Crippen LogP contribution is 2.22. The van der Waals surface area contributed by atoms with Gasteiger partial charge in [-0.3, -0.25) is 4.79 Å². The molecule has 2 heterocycles. The van der Waals surface area contributed by atoms with Gasteiger partial charge in [0.05, 0.1) is 5.56 Å². The van der Waals surface area contributed by atoms with Crippen LogP contribution >= 0.6 is 11.3 Å². The largest absolute Gasteiger partial charge is 0.439 e. The van der Waals surface area contributed by atoms with Gasteiger partial charge in [-0.1, -0.05) is 18.2 Å². The van der Waals surface area contributed by atoms with Crippen molar-refractivity contribution in [1.29, 1.82) is 0 Å². The average molecular weight is 367 g/mol. The number of hydrogen-bond donors (Lipinski definition) is 2. The summed E-state index contributed by atoms with van der Waals surface area (Å²) in [5, 5.41) is 5.64. The normalized spacial score (nSPS) is 11.9. The van der Waals surface area contributed by atoms with E-state index >= 15 is 0 Å². The molecular formula is C20H21N3O2S. The first-order valence-electron chi connectivity index (χ1n) is 8.41. The third kappa shape index (κ3) is 4.91. The van der Waals surface area contributed by atoms with Crippen molar-refractivity contribution in [2.75, 3.05) is 6.54 Å². The van der Waals surface area contributed by atoms with Crippen LogP contribution in [0, 0.1) is 0 Å². The Morgan fingerprint density at radius 3 is 2.65 bits per heavy atom. The zero-order chi connectivity index (χ0) is 18.4. The summed E-state index contributed by atoms with van der Waals surface area (Å²) in [6.07, 6.45) is 2.45. The first-order chi connectivity index (χ1) is 12.6. The fourth-order valence-electron chi connectivity index (χ4n) is 2.52. The van der Waals surface area contributed by atoms with Crippen LogP contribution in [0.4, 0.5) is 0 Å². The lowest BCUT2D eigenvalue weighted by Crippen LogP contribution is -2.21. The minimum absolute atomic E-state index is 0.261. The van der Waals surface area contributed by atoms with Gasteiger partial charge < -0.3 is 15.8 Å². The molecule has 26 heavy (non-hydrogen) atoms. The molecule has 0 aliphatic carbocycles. The Labute approximate surface area is 156 Å². The molecule has 0 saturated heterocycles. The van der Waals surface area contributed by atoms with E-state index < -0.39 is 5.91 Å². The number of nitrogens with zero attached hydrogens (tertiary/aromatic N) is 1. The van der Waals surface area contributed by atoms with Crippen LogP contribution in [0.3, 0.4) is 0 Å². The number of rotatable bonds is 8. The quantitative estimate of drug-likeness (QED) is 0.632. The van der Waals surface area contributed by atoms with Gasteiger partial charge in [0.15, 0.2) is 0 Å². The van der Waals surface area contributed by atoms with Crippen LogP contribution in [-0.4, -0.2) is 17.4 Å². The standard InChI is InChI=1S/C20H21N3O2S/c1-14(22-11-10-18-3-2-12-26-18)15-4-7-17(8-5-15)25-19-9-6-16(13-23-19)20(21)24/h2-9,12-14,22H,10-11H2,1H3,(H2,21,24). The van der Waals surface area contributed by atoms with Crippen molar-refractivity contribution in [2.24, 2.45) is 5.73 Å². The monoisotopic (exact) mass is 367 g/mol. The second kappa shape index (κ2) is 8.60. The lowest BCUT2D eigenvalue weighted by molar-refractivity contribution is 0.1000. The lowest BCUT2D eigenvalue weighted by atomic mass is 10.1. The minimum atomic E-state index is -0.506. The molecule has 1 unspecified atom stereocenters. The third-order valence-electron chi connectivity index (χ3n) is 4.03. The topological polar surface area (TPSA) is 77.2 Å². The second-order valence-electron chi connectivity index (χ2n) is 5.93. The fraction of sp³-hybridized carbons (Fsp3) is 0.200. The molecule has 0 saturated carbocycles. The van der Waals surface area contributed by atoms with Crippen molar-refractivity contribution in [3.63, 3.8) is 0 Å². The number of nitrogens with two attached hydrogens (primary N) is 1. The number of benzene rings is 1. The summed E-state index contributed by atoms with van der Waals surface area (Å²) < 4.78 is 5.70. The predicted molar refractivity (Wildman–Crippen MR) is 104 cm³/mol. The average Bonchev–Trinajstić information content (AvgIpc) is 3.16. The maximum atomic E-state index is 11.0. The van der Waals surface area contributed by atoms with E-state index in [0.29, 0.717) is 17.2 Å². The van der Waals surface area contributed by atoms with Crippen molar-refractivity contribution in [2.45, 2.75) is 19.4 Å². The number of hydrogen-bond acceptors (Lipinski definition) is 5. The zero-order valence-electron chi connectivity index (χ0n) is 14.5. The summed E-state index contributed by atoms with van der Waals surface area (Å²) in [7, 11) is 0. The van der Waals surface area contributed by atoms with E-state index in [4.69, 9.17) is 10.5 Å². The Bertz CT molecular complexity index is 831.